The fourth-order valence-electron chi connectivity index (χ4n) is 1.82. The van der Waals surface area contributed by atoms with Crippen LogP contribution in [0.3, 0.4) is 0 Å². The highest BCUT2D eigenvalue weighted by atomic mass is 16.5. The number of benzene rings is 1. The van der Waals surface area contributed by atoms with Crippen LogP contribution in [0.2, 0.25) is 0 Å². The van der Waals surface area contributed by atoms with Crippen molar-refractivity contribution < 1.29 is 9.53 Å². The number of methoxy groups -OCH3 is 1. The number of hydrogen-bond acceptors (Lipinski definition) is 5. The number of hydrogen-bond donors (Lipinski definition) is 2. The fourth-order valence-corrected chi connectivity index (χ4v) is 1.82. The van der Waals surface area contributed by atoms with Crippen LogP contribution in [0.4, 0.5) is 5.69 Å². The van der Waals surface area contributed by atoms with Gasteiger partial charge < -0.3 is 20.4 Å². The van der Waals surface area contributed by atoms with Gasteiger partial charge in [0.25, 0.3) is 5.91 Å². The van der Waals surface area contributed by atoms with Crippen molar-refractivity contribution >= 4 is 11.6 Å². The Kier molecular flexibility index (Phi) is 4.19. The van der Waals surface area contributed by atoms with E-state index >= 15 is 0 Å². The van der Waals surface area contributed by atoms with Crippen LogP contribution in [0.1, 0.15) is 23.1 Å². The van der Waals surface area contributed by atoms with Crippen LogP contribution in [0.5, 0.6) is 5.75 Å². The van der Waals surface area contributed by atoms with E-state index in [1.165, 1.54) is 7.11 Å². The van der Waals surface area contributed by atoms with E-state index in [1.807, 2.05) is 11.5 Å². The lowest BCUT2D eigenvalue weighted by atomic mass is 10.2. The van der Waals surface area contributed by atoms with Crippen molar-refractivity contribution in [1.29, 1.82) is 0 Å². The van der Waals surface area contributed by atoms with E-state index in [0.717, 1.165) is 6.54 Å². The van der Waals surface area contributed by atoms with Gasteiger partial charge in [0.05, 0.1) is 19.3 Å². The van der Waals surface area contributed by atoms with Gasteiger partial charge in [0.15, 0.2) is 5.82 Å². The molecule has 0 bridgehead atoms. The van der Waals surface area contributed by atoms with Gasteiger partial charge >= 0.3 is 0 Å². The first-order valence-electron chi connectivity index (χ1n) is 6.24. The Morgan fingerprint density at radius 2 is 2.30 bits per heavy atom. The first-order chi connectivity index (χ1) is 9.65. The average Bonchev–Trinajstić information content (AvgIpc) is 2.92. The van der Waals surface area contributed by atoms with Crippen molar-refractivity contribution in [3.63, 3.8) is 0 Å². The molecule has 20 heavy (non-hydrogen) atoms. The van der Waals surface area contributed by atoms with E-state index in [-0.39, 0.29) is 5.91 Å². The normalized spacial score (nSPS) is 10.3. The smallest absolute Gasteiger partial charge is 0.251 e. The Balaban J connectivity index is 2.03. The van der Waals surface area contributed by atoms with E-state index in [2.05, 4.69) is 15.5 Å². The van der Waals surface area contributed by atoms with Crippen LogP contribution in [-0.4, -0.2) is 27.8 Å². The highest BCUT2D eigenvalue weighted by molar-refractivity contribution is 5.95. The third kappa shape index (κ3) is 2.87. The van der Waals surface area contributed by atoms with Crippen LogP contribution in [0, 0.1) is 0 Å². The maximum Gasteiger partial charge on any atom is 0.251 e. The van der Waals surface area contributed by atoms with Crippen LogP contribution in [0.15, 0.2) is 24.5 Å². The lowest BCUT2D eigenvalue weighted by Crippen LogP contribution is -2.24. The largest absolute Gasteiger partial charge is 0.495 e. The van der Waals surface area contributed by atoms with E-state index in [0.29, 0.717) is 29.4 Å². The van der Waals surface area contributed by atoms with Crippen molar-refractivity contribution in [3.8, 4) is 5.75 Å². The Morgan fingerprint density at radius 1 is 1.50 bits per heavy atom. The summed E-state index contributed by atoms with van der Waals surface area (Å²) >= 11 is 0. The summed E-state index contributed by atoms with van der Waals surface area (Å²) in [4.78, 5) is 12.0. The van der Waals surface area contributed by atoms with Gasteiger partial charge in [0.1, 0.15) is 12.1 Å². The highest BCUT2D eigenvalue weighted by Gasteiger charge is 2.10. The molecule has 0 aliphatic rings. The summed E-state index contributed by atoms with van der Waals surface area (Å²) in [5.41, 5.74) is 6.68. The van der Waals surface area contributed by atoms with Crippen molar-refractivity contribution in [1.82, 2.24) is 20.1 Å². The number of nitrogens with zero attached hydrogens (tertiary/aromatic N) is 3. The number of aryl methyl sites for hydroxylation is 1. The maximum absolute atomic E-state index is 12.0. The molecule has 3 N–H and O–H groups in total. The standard InChI is InChI=1S/C13H17N5O2/c1-3-18-8-16-17-12(18)7-15-13(19)9-4-5-11(20-2)10(14)6-9/h4-6,8H,3,7,14H2,1-2H3,(H,15,19). The predicted octanol–water partition coefficient (Wildman–Crippen LogP) is 0.819. The molecule has 0 aliphatic carbocycles. The third-order valence-corrected chi connectivity index (χ3v) is 2.94. The zero-order chi connectivity index (χ0) is 14.5. The quantitative estimate of drug-likeness (QED) is 0.788. The number of nitrogens with one attached hydrogen (secondary N) is 1. The van der Waals surface area contributed by atoms with Gasteiger partial charge in [0.2, 0.25) is 0 Å². The number of ether oxygens (including phenoxy) is 1. The Hall–Kier alpha value is -2.57. The molecule has 0 atom stereocenters. The van der Waals surface area contributed by atoms with E-state index in [4.69, 9.17) is 10.5 Å². The molecule has 106 valence electrons. The molecule has 0 fully saturated rings. The molecule has 0 spiro atoms. The summed E-state index contributed by atoms with van der Waals surface area (Å²) < 4.78 is 6.91. The third-order valence-electron chi connectivity index (χ3n) is 2.94. The van der Waals surface area contributed by atoms with Crippen LogP contribution < -0.4 is 15.8 Å². The molecule has 0 saturated carbocycles. The molecular weight excluding hydrogens is 258 g/mol. The van der Waals surface area contributed by atoms with Gasteiger partial charge in [-0.25, -0.2) is 0 Å². The molecule has 2 aromatic rings. The number of carbonyl (C=O) groups excluding carboxylic acids is 1. The molecule has 7 heteroatoms. The van der Waals surface area contributed by atoms with E-state index in [9.17, 15) is 4.79 Å². The van der Waals surface area contributed by atoms with Gasteiger partial charge in [-0.2, -0.15) is 0 Å². The highest BCUT2D eigenvalue weighted by Crippen LogP contribution is 2.21. The Morgan fingerprint density at radius 3 is 2.95 bits per heavy atom. The molecule has 1 amide bonds. The second-order valence-electron chi connectivity index (χ2n) is 4.17. The predicted molar refractivity (Wildman–Crippen MR) is 74.3 cm³/mol. The number of nitrogen functional groups attached to an aromatic ring is 1. The summed E-state index contributed by atoms with van der Waals surface area (Å²) in [5.74, 6) is 1.04. The van der Waals surface area contributed by atoms with Gasteiger partial charge in [-0.1, -0.05) is 0 Å². The number of rotatable bonds is 5. The second kappa shape index (κ2) is 6.05. The number of nitrogens with two attached hydrogens (primary N) is 1. The minimum absolute atomic E-state index is 0.218. The summed E-state index contributed by atoms with van der Waals surface area (Å²) in [6, 6.07) is 4.91. The van der Waals surface area contributed by atoms with Crippen LogP contribution in [-0.2, 0) is 13.1 Å². The van der Waals surface area contributed by atoms with Crippen LogP contribution in [0.25, 0.3) is 0 Å². The first kappa shape index (κ1) is 13.9. The van der Waals surface area contributed by atoms with E-state index in [1.54, 1.807) is 24.5 Å². The van der Waals surface area contributed by atoms with Crippen LogP contribution >= 0.6 is 0 Å². The van der Waals surface area contributed by atoms with Gasteiger partial charge in [-0.3, -0.25) is 4.79 Å². The van der Waals surface area contributed by atoms with Crippen molar-refractivity contribution in [2.24, 2.45) is 0 Å². The van der Waals surface area contributed by atoms with Gasteiger partial charge in [0, 0.05) is 12.1 Å². The summed E-state index contributed by atoms with van der Waals surface area (Å²) in [7, 11) is 1.53. The van der Waals surface area contributed by atoms with Crippen molar-refractivity contribution in [2.45, 2.75) is 20.0 Å². The summed E-state index contributed by atoms with van der Waals surface area (Å²) in [6.45, 7) is 3.06. The maximum atomic E-state index is 12.0. The van der Waals surface area contributed by atoms with Crippen molar-refractivity contribution in [3.05, 3.63) is 35.9 Å². The molecule has 0 saturated heterocycles. The lowest BCUT2D eigenvalue weighted by molar-refractivity contribution is 0.0949. The average molecular weight is 275 g/mol. The zero-order valence-electron chi connectivity index (χ0n) is 11.5. The zero-order valence-corrected chi connectivity index (χ0v) is 11.5. The number of carbonyl (C=O) groups is 1. The van der Waals surface area contributed by atoms with Crippen molar-refractivity contribution in [2.75, 3.05) is 12.8 Å². The number of aromatic nitrogens is 3. The topological polar surface area (TPSA) is 95.1 Å². The first-order valence-corrected chi connectivity index (χ1v) is 6.24. The Bertz CT molecular complexity index is 609. The SMILES string of the molecule is CCn1cnnc1CNC(=O)c1ccc(OC)c(N)c1. The molecule has 1 aromatic heterocycles. The molecule has 7 nitrogen and oxygen atoms in total. The van der Waals surface area contributed by atoms with E-state index < -0.39 is 0 Å². The summed E-state index contributed by atoms with van der Waals surface area (Å²) in [5, 5.41) is 10.5. The molecule has 2 rings (SSSR count). The molecule has 1 heterocycles. The number of amides is 1. The molecule has 1 aromatic carbocycles. The van der Waals surface area contributed by atoms with Gasteiger partial charge in [-0.15, -0.1) is 10.2 Å². The summed E-state index contributed by atoms with van der Waals surface area (Å²) in [6.07, 6.45) is 1.63. The second-order valence-corrected chi connectivity index (χ2v) is 4.17. The Labute approximate surface area is 116 Å². The van der Waals surface area contributed by atoms with Gasteiger partial charge in [-0.05, 0) is 25.1 Å². The molecule has 0 aliphatic heterocycles. The minimum atomic E-state index is -0.218. The minimum Gasteiger partial charge on any atom is -0.495 e. The molecule has 0 radical (unpaired) electrons. The monoisotopic (exact) mass is 275 g/mol. The molecule has 0 unspecified atom stereocenters. The fraction of sp³-hybridized carbons (Fsp3) is 0.308. The number of anilines is 1. The lowest BCUT2D eigenvalue weighted by Gasteiger charge is -2.08. The molecular formula is C13H17N5O2.